The highest BCUT2D eigenvalue weighted by Gasteiger charge is 2.24. The molecular weight excluding hydrogens is 392 g/mol. The number of anilines is 3. The third kappa shape index (κ3) is 3.25. The number of β-amino-alcohol motifs (C(OH)–C–C–N with tert-alkyl or cyclic N) is 1. The molecule has 6 rings (SSSR count). The van der Waals surface area contributed by atoms with E-state index in [1.165, 1.54) is 25.7 Å². The number of nitrogens with zero attached hydrogens (tertiary/aromatic N) is 7. The number of aliphatic hydroxyl groups excluding tert-OH is 1. The fourth-order valence-corrected chi connectivity index (χ4v) is 4.88. The monoisotopic (exact) mass is 416 g/mol. The van der Waals surface area contributed by atoms with Gasteiger partial charge in [-0.15, -0.1) is 10.2 Å². The lowest BCUT2D eigenvalue weighted by atomic mass is 10.2. The molecule has 2 aliphatic rings. The quantitative estimate of drug-likeness (QED) is 0.523. The predicted molar refractivity (Wildman–Crippen MR) is 118 cm³/mol. The van der Waals surface area contributed by atoms with Gasteiger partial charge in [-0.3, -0.25) is 4.98 Å². The second-order valence-electron chi connectivity index (χ2n) is 8.42. The summed E-state index contributed by atoms with van der Waals surface area (Å²) in [7, 11) is 0. The van der Waals surface area contributed by atoms with Crippen LogP contribution >= 0.6 is 0 Å². The van der Waals surface area contributed by atoms with E-state index < -0.39 is 0 Å². The summed E-state index contributed by atoms with van der Waals surface area (Å²) in [6, 6.07) is 6.27. The molecule has 0 unspecified atom stereocenters. The lowest BCUT2D eigenvalue weighted by Gasteiger charge is -2.16. The van der Waals surface area contributed by atoms with E-state index in [-0.39, 0.29) is 6.10 Å². The maximum atomic E-state index is 9.73. The fraction of sp³-hybridized carbons (Fsp3) is 0.409. The third-order valence-electron chi connectivity index (χ3n) is 6.41. The van der Waals surface area contributed by atoms with Gasteiger partial charge in [-0.25, -0.2) is 4.98 Å². The lowest BCUT2D eigenvalue weighted by molar-refractivity contribution is 0.198. The molecule has 1 saturated heterocycles. The number of aromatic nitrogens is 6. The minimum absolute atomic E-state index is 0.290. The number of aliphatic hydroxyl groups is 1. The molecular formula is C22H24N8O. The Hall–Kier alpha value is -3.33. The number of rotatable bonds is 4. The molecule has 1 saturated carbocycles. The van der Waals surface area contributed by atoms with Crippen LogP contribution in [0.4, 0.5) is 17.6 Å². The molecule has 31 heavy (non-hydrogen) atoms. The van der Waals surface area contributed by atoms with Gasteiger partial charge in [-0.1, -0.05) is 12.8 Å². The highest BCUT2D eigenvalue weighted by Crippen LogP contribution is 2.37. The number of pyridine rings is 1. The van der Waals surface area contributed by atoms with Gasteiger partial charge in [-0.2, -0.15) is 4.98 Å². The summed E-state index contributed by atoms with van der Waals surface area (Å²) in [5.74, 6) is 1.86. The maximum Gasteiger partial charge on any atom is 0.230 e. The van der Waals surface area contributed by atoms with Gasteiger partial charge >= 0.3 is 0 Å². The number of nitrogens with one attached hydrogen (secondary N) is 1. The molecule has 1 aliphatic heterocycles. The Morgan fingerprint density at radius 1 is 1.00 bits per heavy atom. The Labute approximate surface area is 179 Å². The van der Waals surface area contributed by atoms with E-state index in [9.17, 15) is 5.11 Å². The summed E-state index contributed by atoms with van der Waals surface area (Å²) in [6.45, 7) is 1.39. The number of hydrogen-bond acceptors (Lipinski definition) is 8. The van der Waals surface area contributed by atoms with Crippen LogP contribution in [0.5, 0.6) is 0 Å². The van der Waals surface area contributed by atoms with Crippen LogP contribution in [0.2, 0.25) is 0 Å². The zero-order chi connectivity index (χ0) is 20.8. The molecule has 0 radical (unpaired) electrons. The first-order chi connectivity index (χ1) is 15.3. The topological polar surface area (TPSA) is 105 Å². The van der Waals surface area contributed by atoms with Crippen molar-refractivity contribution in [2.24, 2.45) is 0 Å². The van der Waals surface area contributed by atoms with Crippen molar-refractivity contribution in [2.45, 2.75) is 44.2 Å². The summed E-state index contributed by atoms with van der Waals surface area (Å²) < 4.78 is 2.34. The van der Waals surface area contributed by atoms with Crippen LogP contribution in [0, 0.1) is 0 Å². The molecule has 1 aliphatic carbocycles. The van der Waals surface area contributed by atoms with Crippen LogP contribution in [0.25, 0.3) is 21.9 Å². The van der Waals surface area contributed by atoms with Crippen molar-refractivity contribution in [2.75, 3.05) is 23.3 Å². The largest absolute Gasteiger partial charge is 0.391 e. The van der Waals surface area contributed by atoms with Gasteiger partial charge in [0, 0.05) is 42.3 Å². The number of fused-ring (bicyclic) bond motifs is 3. The minimum Gasteiger partial charge on any atom is -0.391 e. The van der Waals surface area contributed by atoms with E-state index in [0.717, 1.165) is 40.7 Å². The standard InChI is InChI=1S/C22H24N8O/c31-15-8-10-29(13-15)20-6-5-19(27-28-20)25-22-24-11-17-16-7-9-23-12-18(16)30(21(17)26-22)14-3-1-2-4-14/h5-7,9,11-12,14-15,31H,1-4,8,10,13H2,(H,24,25,26,27)/t15-/m1/s1. The molecule has 9 heteroatoms. The van der Waals surface area contributed by atoms with Crippen molar-refractivity contribution < 1.29 is 5.11 Å². The van der Waals surface area contributed by atoms with Gasteiger partial charge in [0.25, 0.3) is 0 Å². The SMILES string of the molecule is O[C@@H]1CCN(c2ccc(Nc3ncc4c5ccncc5n(C5CCCC5)c4n3)nn2)C1. The average molecular weight is 416 g/mol. The lowest BCUT2D eigenvalue weighted by Crippen LogP contribution is -2.22. The van der Waals surface area contributed by atoms with Crippen molar-refractivity contribution in [1.82, 2.24) is 29.7 Å². The Balaban J connectivity index is 1.33. The van der Waals surface area contributed by atoms with Crippen molar-refractivity contribution in [3.63, 3.8) is 0 Å². The molecule has 0 aromatic carbocycles. The summed E-state index contributed by atoms with van der Waals surface area (Å²) in [6.07, 6.45) is 10.9. The van der Waals surface area contributed by atoms with Crippen molar-refractivity contribution in [3.05, 3.63) is 36.8 Å². The second kappa shape index (κ2) is 7.42. The smallest absolute Gasteiger partial charge is 0.230 e. The van der Waals surface area contributed by atoms with Gasteiger partial charge < -0.3 is 19.9 Å². The molecule has 2 N–H and O–H groups in total. The zero-order valence-electron chi connectivity index (χ0n) is 17.1. The first-order valence-corrected chi connectivity index (χ1v) is 10.9. The maximum absolute atomic E-state index is 9.73. The van der Waals surface area contributed by atoms with Crippen LogP contribution in [0.1, 0.15) is 38.1 Å². The highest BCUT2D eigenvalue weighted by molar-refractivity contribution is 6.06. The molecule has 0 bridgehead atoms. The first-order valence-electron chi connectivity index (χ1n) is 10.9. The van der Waals surface area contributed by atoms with E-state index in [1.807, 2.05) is 41.7 Å². The van der Waals surface area contributed by atoms with Crippen LogP contribution in [0.15, 0.2) is 36.8 Å². The third-order valence-corrected chi connectivity index (χ3v) is 6.41. The molecule has 2 fully saturated rings. The van der Waals surface area contributed by atoms with Crippen molar-refractivity contribution >= 4 is 39.5 Å². The van der Waals surface area contributed by atoms with Gasteiger partial charge in [0.2, 0.25) is 5.95 Å². The van der Waals surface area contributed by atoms with Gasteiger partial charge in [-0.05, 0) is 37.5 Å². The Kier molecular flexibility index (Phi) is 4.41. The summed E-state index contributed by atoms with van der Waals surface area (Å²) in [5, 5.41) is 23.7. The molecule has 4 aromatic rings. The molecule has 0 amide bonds. The summed E-state index contributed by atoms with van der Waals surface area (Å²) in [4.78, 5) is 15.8. The first kappa shape index (κ1) is 18.4. The second-order valence-corrected chi connectivity index (χ2v) is 8.42. The van der Waals surface area contributed by atoms with E-state index in [2.05, 4.69) is 30.0 Å². The minimum atomic E-state index is -0.290. The van der Waals surface area contributed by atoms with Crippen LogP contribution in [-0.2, 0) is 0 Å². The Bertz CT molecular complexity index is 1230. The normalized spacial score (nSPS) is 19.6. The van der Waals surface area contributed by atoms with E-state index in [1.54, 1.807) is 0 Å². The molecule has 158 valence electrons. The summed E-state index contributed by atoms with van der Waals surface area (Å²) in [5.41, 5.74) is 2.05. The van der Waals surface area contributed by atoms with Crippen LogP contribution in [-0.4, -0.2) is 54.0 Å². The zero-order valence-corrected chi connectivity index (χ0v) is 17.1. The van der Waals surface area contributed by atoms with Crippen LogP contribution < -0.4 is 10.2 Å². The van der Waals surface area contributed by atoms with Crippen LogP contribution in [0.3, 0.4) is 0 Å². The predicted octanol–water partition coefficient (Wildman–Crippen LogP) is 3.20. The van der Waals surface area contributed by atoms with E-state index >= 15 is 0 Å². The Morgan fingerprint density at radius 2 is 1.90 bits per heavy atom. The van der Waals surface area contributed by atoms with E-state index in [0.29, 0.717) is 24.4 Å². The molecule has 5 heterocycles. The van der Waals surface area contributed by atoms with Gasteiger partial charge in [0.15, 0.2) is 11.6 Å². The Morgan fingerprint density at radius 3 is 2.68 bits per heavy atom. The van der Waals surface area contributed by atoms with Crippen molar-refractivity contribution in [3.8, 4) is 0 Å². The molecule has 4 aromatic heterocycles. The molecule has 0 spiro atoms. The van der Waals surface area contributed by atoms with Gasteiger partial charge in [0.1, 0.15) is 5.65 Å². The fourth-order valence-electron chi connectivity index (χ4n) is 4.88. The molecule has 9 nitrogen and oxygen atoms in total. The molecule has 1 atom stereocenters. The van der Waals surface area contributed by atoms with Gasteiger partial charge in [0.05, 0.1) is 17.8 Å². The summed E-state index contributed by atoms with van der Waals surface area (Å²) >= 11 is 0. The average Bonchev–Trinajstić information content (AvgIpc) is 3.53. The van der Waals surface area contributed by atoms with E-state index in [4.69, 9.17) is 4.98 Å². The number of hydrogen-bond donors (Lipinski definition) is 2. The van der Waals surface area contributed by atoms with Crippen molar-refractivity contribution in [1.29, 1.82) is 0 Å². The highest BCUT2D eigenvalue weighted by atomic mass is 16.3.